The van der Waals surface area contributed by atoms with Crippen molar-refractivity contribution in [2.75, 3.05) is 13.7 Å². The maximum absolute atomic E-state index is 12.8. The first kappa shape index (κ1) is 20.9. The Kier molecular flexibility index (Phi) is 5.60. The van der Waals surface area contributed by atoms with Crippen molar-refractivity contribution in [1.82, 2.24) is 4.90 Å². The number of benzene rings is 2. The molecule has 1 amide bonds. The van der Waals surface area contributed by atoms with E-state index in [9.17, 15) is 4.79 Å². The molecule has 0 aliphatic carbocycles. The Balaban J connectivity index is 1.38. The minimum Gasteiger partial charge on any atom is -0.497 e. The first-order chi connectivity index (χ1) is 14.3. The molecule has 1 unspecified atom stereocenters. The van der Waals surface area contributed by atoms with Crippen molar-refractivity contribution in [3.63, 3.8) is 0 Å². The van der Waals surface area contributed by atoms with E-state index >= 15 is 0 Å². The fourth-order valence-corrected chi connectivity index (χ4v) is 5.13. The van der Waals surface area contributed by atoms with E-state index < -0.39 is 0 Å². The fourth-order valence-electron chi connectivity index (χ4n) is 4.15. The van der Waals surface area contributed by atoms with E-state index in [1.54, 1.807) is 18.4 Å². The van der Waals surface area contributed by atoms with Crippen molar-refractivity contribution in [2.24, 2.45) is 5.73 Å². The number of nitrogens with two attached hydrogens (primary N) is 1. The van der Waals surface area contributed by atoms with Crippen LogP contribution in [0, 0.1) is 13.8 Å². The number of nitrogens with zero attached hydrogens (tertiary/aromatic N) is 1. The molecule has 1 aliphatic heterocycles. The number of hydrogen-bond donors (Lipinski definition) is 1. The highest BCUT2D eigenvalue weighted by molar-refractivity contribution is 7.17. The molecule has 2 aromatic carbocycles. The average molecular weight is 423 g/mol. The number of rotatable bonds is 7. The zero-order chi connectivity index (χ0) is 21.5. The molecule has 1 aromatic heterocycles. The van der Waals surface area contributed by atoms with Gasteiger partial charge in [-0.15, -0.1) is 11.3 Å². The van der Waals surface area contributed by atoms with Gasteiger partial charge >= 0.3 is 0 Å². The highest BCUT2D eigenvalue weighted by Gasteiger charge is 2.29. The molecule has 5 heteroatoms. The lowest BCUT2D eigenvalue weighted by atomic mass is 9.90. The average Bonchev–Trinajstić information content (AvgIpc) is 3.26. The second-order valence-electron chi connectivity index (χ2n) is 8.85. The Morgan fingerprint density at radius 2 is 1.93 bits per heavy atom. The van der Waals surface area contributed by atoms with Gasteiger partial charge in [0.05, 0.1) is 7.11 Å². The Morgan fingerprint density at radius 3 is 2.70 bits per heavy atom. The normalized spacial score (nSPS) is 15.5. The molecule has 3 aromatic rings. The molecule has 158 valence electrons. The van der Waals surface area contributed by atoms with Crippen LogP contribution in [0.4, 0.5) is 0 Å². The monoisotopic (exact) mass is 422 g/mol. The van der Waals surface area contributed by atoms with Crippen LogP contribution in [-0.4, -0.2) is 30.0 Å². The second kappa shape index (κ2) is 8.05. The summed E-state index contributed by atoms with van der Waals surface area (Å²) in [4.78, 5) is 14.7. The topological polar surface area (TPSA) is 55.6 Å². The van der Waals surface area contributed by atoms with Crippen LogP contribution in [0.3, 0.4) is 0 Å². The number of amides is 1. The van der Waals surface area contributed by atoms with Crippen molar-refractivity contribution >= 4 is 27.3 Å². The van der Waals surface area contributed by atoms with Gasteiger partial charge in [-0.25, -0.2) is 0 Å². The molecule has 0 saturated carbocycles. The van der Waals surface area contributed by atoms with Crippen LogP contribution >= 0.6 is 11.3 Å². The van der Waals surface area contributed by atoms with Gasteiger partial charge in [-0.3, -0.25) is 4.79 Å². The van der Waals surface area contributed by atoms with Gasteiger partial charge in [0.1, 0.15) is 5.75 Å². The summed E-state index contributed by atoms with van der Waals surface area (Å²) < 4.78 is 6.66. The van der Waals surface area contributed by atoms with E-state index in [0.717, 1.165) is 36.1 Å². The van der Waals surface area contributed by atoms with Gasteiger partial charge in [-0.05, 0) is 97.3 Å². The van der Waals surface area contributed by atoms with Gasteiger partial charge in [0.15, 0.2) is 0 Å². The summed E-state index contributed by atoms with van der Waals surface area (Å²) in [5, 5.41) is 3.48. The third kappa shape index (κ3) is 4.09. The number of hydrogen-bond acceptors (Lipinski definition) is 4. The van der Waals surface area contributed by atoms with E-state index in [2.05, 4.69) is 44.4 Å². The standard InChI is InChI=1S/C25H30N2O2S/c1-16-11-19-14-27(24(28)22(19)12-17(16)2)10-9-25(3,26)8-7-18-15-30-23-6-5-20(29-4)13-21(18)23/h5-6,11-13,15H,7-10,14,26H2,1-4H3. The highest BCUT2D eigenvalue weighted by atomic mass is 32.1. The summed E-state index contributed by atoms with van der Waals surface area (Å²) in [5.74, 6) is 1.02. The van der Waals surface area contributed by atoms with E-state index in [-0.39, 0.29) is 11.4 Å². The van der Waals surface area contributed by atoms with Crippen molar-refractivity contribution in [3.8, 4) is 5.75 Å². The molecule has 0 fully saturated rings. The van der Waals surface area contributed by atoms with Gasteiger partial charge in [0, 0.05) is 28.9 Å². The Morgan fingerprint density at radius 1 is 1.17 bits per heavy atom. The first-order valence-corrected chi connectivity index (χ1v) is 11.4. The van der Waals surface area contributed by atoms with Crippen molar-refractivity contribution in [2.45, 2.75) is 52.1 Å². The van der Waals surface area contributed by atoms with Gasteiger partial charge in [-0.2, -0.15) is 0 Å². The lowest BCUT2D eigenvalue weighted by Gasteiger charge is -2.27. The van der Waals surface area contributed by atoms with Gasteiger partial charge in [-0.1, -0.05) is 6.07 Å². The Labute approximate surface area is 182 Å². The van der Waals surface area contributed by atoms with Crippen LogP contribution in [0.1, 0.15) is 52.4 Å². The Hall–Kier alpha value is -2.37. The van der Waals surface area contributed by atoms with Crippen LogP contribution in [0.25, 0.3) is 10.1 Å². The molecule has 1 aliphatic rings. The molecule has 2 N–H and O–H groups in total. The molecule has 0 bridgehead atoms. The molecule has 30 heavy (non-hydrogen) atoms. The number of fused-ring (bicyclic) bond motifs is 2. The van der Waals surface area contributed by atoms with Gasteiger partial charge in [0.25, 0.3) is 5.91 Å². The molecule has 4 rings (SSSR count). The summed E-state index contributed by atoms with van der Waals surface area (Å²) in [5.41, 5.74) is 12.1. The minimum atomic E-state index is -0.325. The van der Waals surface area contributed by atoms with E-state index in [0.29, 0.717) is 13.1 Å². The molecule has 4 nitrogen and oxygen atoms in total. The molecular formula is C25H30N2O2S. The van der Waals surface area contributed by atoms with Crippen LogP contribution in [0.2, 0.25) is 0 Å². The largest absolute Gasteiger partial charge is 0.497 e. The quantitative estimate of drug-likeness (QED) is 0.568. The zero-order valence-electron chi connectivity index (χ0n) is 18.2. The molecule has 0 spiro atoms. The molecule has 1 atom stereocenters. The third-order valence-electron chi connectivity index (χ3n) is 6.38. The number of carbonyl (C=O) groups is 1. The maximum Gasteiger partial charge on any atom is 0.254 e. The molecule has 0 saturated heterocycles. The molecule has 0 radical (unpaired) electrons. The summed E-state index contributed by atoms with van der Waals surface area (Å²) in [6.07, 6.45) is 2.59. The van der Waals surface area contributed by atoms with Crippen LogP contribution in [0.5, 0.6) is 5.75 Å². The first-order valence-electron chi connectivity index (χ1n) is 10.5. The van der Waals surface area contributed by atoms with Crippen molar-refractivity contribution in [3.05, 3.63) is 63.5 Å². The third-order valence-corrected chi connectivity index (χ3v) is 7.39. The second-order valence-corrected chi connectivity index (χ2v) is 9.76. The number of aryl methyl sites for hydroxylation is 3. The smallest absolute Gasteiger partial charge is 0.254 e. The SMILES string of the molecule is COc1ccc2scc(CCC(C)(N)CCN3Cc4cc(C)c(C)cc4C3=O)c2c1. The lowest BCUT2D eigenvalue weighted by Crippen LogP contribution is -2.40. The predicted octanol–water partition coefficient (Wildman–Crippen LogP) is 5.22. The zero-order valence-corrected chi connectivity index (χ0v) is 19.1. The van der Waals surface area contributed by atoms with Crippen LogP contribution in [-0.2, 0) is 13.0 Å². The lowest BCUT2D eigenvalue weighted by molar-refractivity contribution is 0.0766. The summed E-state index contributed by atoms with van der Waals surface area (Å²) in [6.45, 7) is 7.65. The van der Waals surface area contributed by atoms with E-state index in [4.69, 9.17) is 10.5 Å². The van der Waals surface area contributed by atoms with Gasteiger partial charge in [0.2, 0.25) is 0 Å². The summed E-state index contributed by atoms with van der Waals surface area (Å²) in [6, 6.07) is 10.4. The van der Waals surface area contributed by atoms with E-state index in [1.807, 2.05) is 17.0 Å². The maximum atomic E-state index is 12.8. The number of methoxy groups -OCH3 is 1. The minimum absolute atomic E-state index is 0.139. The predicted molar refractivity (Wildman–Crippen MR) is 125 cm³/mol. The van der Waals surface area contributed by atoms with Crippen LogP contribution < -0.4 is 10.5 Å². The number of carbonyl (C=O) groups excluding carboxylic acids is 1. The Bertz CT molecular complexity index is 1100. The number of ether oxygens (including phenoxy) is 1. The van der Waals surface area contributed by atoms with Crippen molar-refractivity contribution in [1.29, 1.82) is 0 Å². The highest BCUT2D eigenvalue weighted by Crippen LogP contribution is 2.32. The summed E-state index contributed by atoms with van der Waals surface area (Å²) in [7, 11) is 1.70. The fraction of sp³-hybridized carbons (Fsp3) is 0.400. The molecular weight excluding hydrogens is 392 g/mol. The van der Waals surface area contributed by atoms with Crippen LogP contribution in [0.15, 0.2) is 35.7 Å². The van der Waals surface area contributed by atoms with E-state index in [1.165, 1.54) is 26.8 Å². The number of thiophene rings is 1. The van der Waals surface area contributed by atoms with Crippen molar-refractivity contribution < 1.29 is 9.53 Å². The van der Waals surface area contributed by atoms with Gasteiger partial charge < -0.3 is 15.4 Å². The molecule has 2 heterocycles. The summed E-state index contributed by atoms with van der Waals surface area (Å²) >= 11 is 1.76.